The minimum absolute atomic E-state index is 0.0896. The zero-order chi connectivity index (χ0) is 46.9. The Kier molecular flexibility index (Phi) is 12.8. The molecule has 9 heteroatoms. The Bertz CT molecular complexity index is 2980. The largest absolute Gasteiger partial charge is 0.508 e. The summed E-state index contributed by atoms with van der Waals surface area (Å²) in [7, 11) is 0. The van der Waals surface area contributed by atoms with Crippen molar-refractivity contribution in [1.82, 2.24) is 9.88 Å². The predicted octanol–water partition coefficient (Wildman–Crippen LogP) is 9.99. The molecule has 0 spiro atoms. The van der Waals surface area contributed by atoms with E-state index in [4.69, 9.17) is 19.9 Å². The van der Waals surface area contributed by atoms with E-state index < -0.39 is 12.3 Å². The number of fused-ring (bicyclic) bond motifs is 9. The van der Waals surface area contributed by atoms with Gasteiger partial charge in [-0.3, -0.25) is 0 Å². The molecular formula is C60H63N3O6. The van der Waals surface area contributed by atoms with E-state index in [0.29, 0.717) is 56.3 Å². The van der Waals surface area contributed by atoms with Crippen LogP contribution in [-0.4, -0.2) is 58.1 Å². The normalized spacial score (nSPS) is 24.8. The molecular weight excluding hydrogens is 859 g/mol. The number of nitrogens with one attached hydrogen (secondary N) is 1. The fraction of sp³-hybridized carbons (Fsp3) is 0.367. The molecule has 5 aromatic carbocycles. The number of aromatic nitrogens is 1. The number of aliphatic hydroxyl groups excluding tert-OH is 1. The van der Waals surface area contributed by atoms with Gasteiger partial charge in [-0.05, 0) is 151 Å². The summed E-state index contributed by atoms with van der Waals surface area (Å²) in [6.07, 6.45) is 14.7. The molecule has 1 aliphatic carbocycles. The first kappa shape index (κ1) is 45.2. The van der Waals surface area contributed by atoms with Crippen LogP contribution in [0.15, 0.2) is 133 Å². The van der Waals surface area contributed by atoms with Crippen LogP contribution in [0.1, 0.15) is 95.9 Å². The van der Waals surface area contributed by atoms with Gasteiger partial charge in [-0.25, -0.2) is 0 Å². The fourth-order valence-electron chi connectivity index (χ4n) is 11.9. The van der Waals surface area contributed by atoms with Crippen molar-refractivity contribution in [3.63, 3.8) is 0 Å². The van der Waals surface area contributed by atoms with Gasteiger partial charge in [0.25, 0.3) is 0 Å². The van der Waals surface area contributed by atoms with Crippen LogP contribution in [0.25, 0.3) is 16.6 Å². The second kappa shape index (κ2) is 19.6. The molecule has 6 N–H and O–H groups in total. The van der Waals surface area contributed by atoms with Crippen molar-refractivity contribution in [2.24, 2.45) is 17.6 Å². The molecule has 4 aliphatic heterocycles. The van der Waals surface area contributed by atoms with E-state index in [1.807, 2.05) is 48.5 Å². The fourth-order valence-corrected chi connectivity index (χ4v) is 11.9. The van der Waals surface area contributed by atoms with E-state index in [-0.39, 0.29) is 29.8 Å². The smallest absolute Gasteiger partial charge is 0.161 e. The number of nitrogens with two attached hydrogens (primary N) is 1. The van der Waals surface area contributed by atoms with Crippen molar-refractivity contribution in [3.8, 4) is 29.1 Å². The maximum Gasteiger partial charge on any atom is 0.161 e. The molecule has 1 aromatic heterocycles. The zero-order valence-electron chi connectivity index (χ0n) is 39.3. The second-order valence-corrected chi connectivity index (χ2v) is 20.1. The van der Waals surface area contributed by atoms with Crippen molar-refractivity contribution in [1.29, 1.82) is 0 Å². The highest BCUT2D eigenvalue weighted by Crippen LogP contribution is 2.52. The molecule has 11 rings (SSSR count). The van der Waals surface area contributed by atoms with Crippen LogP contribution in [0.2, 0.25) is 0 Å². The first-order valence-electron chi connectivity index (χ1n) is 25.2. The molecule has 6 aromatic rings. The van der Waals surface area contributed by atoms with Crippen LogP contribution in [0, 0.1) is 23.7 Å². The van der Waals surface area contributed by atoms with Gasteiger partial charge in [0.1, 0.15) is 18.2 Å². The monoisotopic (exact) mass is 921 g/mol. The Morgan fingerprint density at radius 2 is 1.70 bits per heavy atom. The lowest BCUT2D eigenvalue weighted by atomic mass is 9.57. The molecule has 5 aliphatic rings. The Hall–Kier alpha value is -6.28. The number of nitrogens with zero attached hydrogens (tertiary/aromatic N) is 1. The highest BCUT2D eigenvalue weighted by atomic mass is 16.5. The number of aliphatic hydroxyl groups is 1. The van der Waals surface area contributed by atoms with Crippen molar-refractivity contribution in [3.05, 3.63) is 177 Å². The van der Waals surface area contributed by atoms with E-state index in [9.17, 15) is 15.3 Å². The summed E-state index contributed by atoms with van der Waals surface area (Å²) in [5, 5.41) is 39.3. The molecule has 0 radical (unpaired) electrons. The molecule has 69 heavy (non-hydrogen) atoms. The molecule has 0 saturated carbocycles. The molecule has 1 unspecified atom stereocenters. The van der Waals surface area contributed by atoms with Crippen LogP contribution in [-0.2, 0) is 47.2 Å². The molecule has 9 nitrogen and oxygen atoms in total. The maximum absolute atomic E-state index is 11.6. The number of dihydropyridines is 1. The minimum atomic E-state index is -0.591. The first-order chi connectivity index (χ1) is 33.8. The first-order valence-corrected chi connectivity index (χ1v) is 25.2. The summed E-state index contributed by atoms with van der Waals surface area (Å²) in [6.45, 7) is 1.95. The van der Waals surface area contributed by atoms with Gasteiger partial charge in [-0.1, -0.05) is 90.7 Å². The Labute approximate surface area is 405 Å². The standard InChI is InChI=1S/C60H63N3O6/c61-58-32-44-19-15-39(13-14-41-17-23-55(65)45(28-41)27-40-7-2-1-3-8-40)9-6-11-51-33-50(64)22-16-42-18-24-56(66)57(29-42)69-36-47-31-49(30-46-34-63(35-52(46)47)59(62-58)53(44)38-68-51)60-25-26-67-37-48(60)21-20-43-10-4-5-12-54(43)60/h1-5,7-8,10,12,17-18,23-24,28-32,34-35,39,48,50-51,58,62,64-66H,6,9,11,13-14,16,20-22,25-27,33,36-38,61H2/t39-,48+,50+,51-,58?,60+/m0/s1. The Morgan fingerprint density at radius 3 is 2.61 bits per heavy atom. The van der Waals surface area contributed by atoms with E-state index in [1.165, 1.54) is 22.3 Å². The predicted molar refractivity (Wildman–Crippen MR) is 271 cm³/mol. The minimum Gasteiger partial charge on any atom is -0.508 e. The van der Waals surface area contributed by atoms with Gasteiger partial charge in [-0.2, -0.15) is 0 Å². The van der Waals surface area contributed by atoms with Crippen LogP contribution < -0.4 is 15.8 Å². The number of phenols is 2. The summed E-state index contributed by atoms with van der Waals surface area (Å²) >= 11 is 0. The lowest BCUT2D eigenvalue weighted by Gasteiger charge is -2.49. The molecule has 354 valence electrons. The lowest BCUT2D eigenvalue weighted by molar-refractivity contribution is 0.00498. The number of aromatic hydroxyl groups is 2. The Balaban J connectivity index is 0.999. The van der Waals surface area contributed by atoms with Crippen molar-refractivity contribution >= 4 is 16.6 Å². The van der Waals surface area contributed by atoms with E-state index >= 15 is 0 Å². The average molecular weight is 922 g/mol. The van der Waals surface area contributed by atoms with Gasteiger partial charge in [0.05, 0.1) is 31.6 Å². The number of rotatable bonds is 6. The van der Waals surface area contributed by atoms with Crippen LogP contribution in [0.4, 0.5) is 0 Å². The highest BCUT2D eigenvalue weighted by molar-refractivity contribution is 5.88. The van der Waals surface area contributed by atoms with Crippen molar-refractivity contribution in [2.45, 2.75) is 107 Å². The topological polar surface area (TPSA) is 131 Å². The summed E-state index contributed by atoms with van der Waals surface area (Å²) < 4.78 is 21.9. The third kappa shape index (κ3) is 9.44. The van der Waals surface area contributed by atoms with Crippen LogP contribution in [0.3, 0.4) is 0 Å². The average Bonchev–Trinajstić information content (AvgIpc) is 3.80. The SMILES string of the molecule is NC1C=C2C#C[C@H](CCc3ccc(O)c(Cc4ccccc4)c3)CCC[C@H]3C[C@H](O)CCc4ccc(O)c(c4)OCc4cc([C@@]56CCOC[C@H]5CCc5ccccc56)cc5cn(cc45)C(=C2CO3)N1. The van der Waals surface area contributed by atoms with Crippen molar-refractivity contribution in [2.75, 3.05) is 19.8 Å². The van der Waals surface area contributed by atoms with Gasteiger partial charge < -0.3 is 45.1 Å². The molecule has 1 saturated heterocycles. The van der Waals surface area contributed by atoms with Crippen LogP contribution >= 0.6 is 0 Å². The van der Waals surface area contributed by atoms with Crippen LogP contribution in [0.5, 0.6) is 17.2 Å². The van der Waals surface area contributed by atoms with Gasteiger partial charge in [0.15, 0.2) is 11.5 Å². The van der Waals surface area contributed by atoms with E-state index in [1.54, 1.807) is 6.07 Å². The van der Waals surface area contributed by atoms with Crippen molar-refractivity contribution < 1.29 is 29.5 Å². The number of benzene rings is 5. The molecule has 6 atom stereocenters. The van der Waals surface area contributed by atoms with E-state index in [0.717, 1.165) is 108 Å². The quantitative estimate of drug-likeness (QED) is 0.104. The van der Waals surface area contributed by atoms with Gasteiger partial charge in [-0.15, -0.1) is 0 Å². The molecule has 0 amide bonds. The zero-order valence-corrected chi connectivity index (χ0v) is 39.3. The summed E-state index contributed by atoms with van der Waals surface area (Å²) in [5.41, 5.74) is 17.8. The number of hydrogen-bond donors (Lipinski definition) is 5. The number of aryl methyl sites for hydroxylation is 3. The molecule has 5 heterocycles. The van der Waals surface area contributed by atoms with Gasteiger partial charge in [0.2, 0.25) is 0 Å². The number of phenolic OH excluding ortho intramolecular Hbond substituents is 2. The molecule has 1 fully saturated rings. The second-order valence-electron chi connectivity index (χ2n) is 20.1. The number of hydrogen-bond acceptors (Lipinski definition) is 8. The Morgan fingerprint density at radius 1 is 0.826 bits per heavy atom. The third-order valence-electron chi connectivity index (χ3n) is 15.6. The third-order valence-corrected chi connectivity index (χ3v) is 15.6. The van der Waals surface area contributed by atoms with Gasteiger partial charge in [0, 0.05) is 58.7 Å². The summed E-state index contributed by atoms with van der Waals surface area (Å²) in [5.74, 6) is 9.46. The maximum atomic E-state index is 11.6. The summed E-state index contributed by atoms with van der Waals surface area (Å²) in [6, 6.07) is 35.5. The van der Waals surface area contributed by atoms with E-state index in [2.05, 4.69) is 88.7 Å². The molecule has 6 bridgehead atoms. The highest BCUT2D eigenvalue weighted by Gasteiger charge is 2.47. The number of ether oxygens (including phenoxy) is 3. The van der Waals surface area contributed by atoms with Gasteiger partial charge >= 0.3 is 0 Å². The summed E-state index contributed by atoms with van der Waals surface area (Å²) in [4.78, 5) is 0. The lowest BCUT2D eigenvalue weighted by Crippen LogP contribution is -2.47.